The maximum absolute atomic E-state index is 11.7. The Kier molecular flexibility index (Phi) is 6.82. The minimum atomic E-state index is 0.0309. The molecule has 1 amide bonds. The molecule has 0 aromatic heterocycles. The Balaban J connectivity index is 2.19. The lowest BCUT2D eigenvalue weighted by atomic mass is 10.0. The highest BCUT2D eigenvalue weighted by Gasteiger charge is 2.25. The Hall–Kier alpha value is -1.12. The molecule has 2 unspecified atom stereocenters. The van der Waals surface area contributed by atoms with E-state index in [1.165, 1.54) is 0 Å². The zero-order valence-electron chi connectivity index (χ0n) is 12.1. The lowest BCUT2D eigenvalue weighted by Gasteiger charge is -2.32. The van der Waals surface area contributed by atoms with Crippen molar-refractivity contribution in [2.24, 2.45) is 0 Å². The third-order valence-corrected chi connectivity index (χ3v) is 3.31. The second-order valence-electron chi connectivity index (χ2n) is 5.19. The summed E-state index contributed by atoms with van der Waals surface area (Å²) in [6.07, 6.45) is 3.17. The van der Waals surface area contributed by atoms with Crippen LogP contribution in [-0.4, -0.2) is 49.3 Å². The van der Waals surface area contributed by atoms with E-state index < -0.39 is 0 Å². The van der Waals surface area contributed by atoms with Gasteiger partial charge in [0.15, 0.2) is 0 Å². The lowest BCUT2D eigenvalue weighted by Crippen LogP contribution is -2.35. The first-order valence-electron chi connectivity index (χ1n) is 6.91. The summed E-state index contributed by atoms with van der Waals surface area (Å²) in [6.45, 7) is 5.03. The van der Waals surface area contributed by atoms with E-state index in [2.05, 4.69) is 0 Å². The third-order valence-electron chi connectivity index (χ3n) is 3.31. The summed E-state index contributed by atoms with van der Waals surface area (Å²) in [5, 5.41) is 8.47. The molecule has 0 spiro atoms. The van der Waals surface area contributed by atoms with Gasteiger partial charge in [0, 0.05) is 13.6 Å². The van der Waals surface area contributed by atoms with E-state index >= 15 is 0 Å². The van der Waals surface area contributed by atoms with Crippen LogP contribution in [0.4, 0.5) is 0 Å². The topological polar surface area (TPSA) is 62.6 Å². The molecule has 1 heterocycles. The van der Waals surface area contributed by atoms with Gasteiger partial charge in [0.25, 0.3) is 0 Å². The molecule has 1 saturated heterocycles. The van der Waals surface area contributed by atoms with Gasteiger partial charge in [-0.25, -0.2) is 0 Å². The highest BCUT2D eigenvalue weighted by molar-refractivity contribution is 5.75. The summed E-state index contributed by atoms with van der Waals surface area (Å²) >= 11 is 0. The van der Waals surface area contributed by atoms with Gasteiger partial charge in [-0.3, -0.25) is 4.79 Å². The van der Waals surface area contributed by atoms with Gasteiger partial charge in [0.2, 0.25) is 5.91 Å². The number of hydrogen-bond donors (Lipinski definition) is 0. The summed E-state index contributed by atoms with van der Waals surface area (Å²) in [7, 11) is 1.72. The fraction of sp³-hybridized carbons (Fsp3) is 0.857. The van der Waals surface area contributed by atoms with E-state index in [1.54, 1.807) is 11.9 Å². The number of nitrogens with zero attached hydrogens (tertiary/aromatic N) is 2. The van der Waals surface area contributed by atoms with Crippen LogP contribution in [0.5, 0.6) is 0 Å². The maximum Gasteiger partial charge on any atom is 0.224 e. The van der Waals surface area contributed by atoms with Crippen LogP contribution in [0.2, 0.25) is 0 Å². The predicted molar refractivity (Wildman–Crippen MR) is 71.5 cm³/mol. The van der Waals surface area contributed by atoms with Crippen LogP contribution in [0.1, 0.15) is 39.5 Å². The molecule has 5 heteroatoms. The molecule has 0 aromatic rings. The number of carbonyl (C=O) groups is 1. The molecular formula is C14H24N2O3. The van der Waals surface area contributed by atoms with Gasteiger partial charge >= 0.3 is 0 Å². The number of carbonyl (C=O) groups excluding carboxylic acids is 1. The molecule has 19 heavy (non-hydrogen) atoms. The van der Waals surface area contributed by atoms with Crippen molar-refractivity contribution in [2.45, 2.75) is 57.8 Å². The average molecular weight is 268 g/mol. The van der Waals surface area contributed by atoms with Crippen molar-refractivity contribution < 1.29 is 14.3 Å². The quantitative estimate of drug-likeness (QED) is 0.736. The van der Waals surface area contributed by atoms with Crippen LogP contribution in [0.25, 0.3) is 0 Å². The van der Waals surface area contributed by atoms with Crippen molar-refractivity contribution in [3.63, 3.8) is 0 Å². The van der Waals surface area contributed by atoms with Gasteiger partial charge in [0.1, 0.15) is 0 Å². The van der Waals surface area contributed by atoms with E-state index in [1.807, 2.05) is 19.9 Å². The zero-order valence-corrected chi connectivity index (χ0v) is 12.1. The van der Waals surface area contributed by atoms with Crippen molar-refractivity contribution in [1.82, 2.24) is 4.90 Å². The minimum Gasteiger partial charge on any atom is -0.377 e. The number of nitriles is 1. The standard InChI is InChI=1S/C14H24N2O3/c1-11-9-13(10-12(2)19-11)18-8-5-14(17)16(3)7-4-6-15/h11-13H,4-5,7-10H2,1-3H3. The molecule has 0 bridgehead atoms. The summed E-state index contributed by atoms with van der Waals surface area (Å²) in [5.74, 6) is 0.0309. The van der Waals surface area contributed by atoms with Crippen LogP contribution >= 0.6 is 0 Å². The Bertz CT molecular complexity index is 317. The molecule has 0 aromatic carbocycles. The van der Waals surface area contributed by atoms with Gasteiger partial charge in [0.05, 0.1) is 43.8 Å². The Labute approximate surface area is 115 Å². The molecular weight excluding hydrogens is 244 g/mol. The van der Waals surface area contributed by atoms with E-state index in [4.69, 9.17) is 14.7 Å². The Morgan fingerprint density at radius 1 is 1.42 bits per heavy atom. The first-order chi connectivity index (χ1) is 9.02. The van der Waals surface area contributed by atoms with Crippen molar-refractivity contribution in [1.29, 1.82) is 5.26 Å². The highest BCUT2D eigenvalue weighted by atomic mass is 16.5. The summed E-state index contributed by atoms with van der Waals surface area (Å²) < 4.78 is 11.4. The molecule has 5 nitrogen and oxygen atoms in total. The van der Waals surface area contributed by atoms with E-state index in [-0.39, 0.29) is 24.2 Å². The van der Waals surface area contributed by atoms with Crippen LogP contribution in [0.3, 0.4) is 0 Å². The second-order valence-corrected chi connectivity index (χ2v) is 5.19. The highest BCUT2D eigenvalue weighted by Crippen LogP contribution is 2.21. The van der Waals surface area contributed by atoms with Gasteiger partial charge < -0.3 is 14.4 Å². The summed E-state index contributed by atoms with van der Waals surface area (Å²) in [4.78, 5) is 13.3. The molecule has 0 N–H and O–H groups in total. The zero-order chi connectivity index (χ0) is 14.3. The lowest BCUT2D eigenvalue weighted by molar-refractivity contribution is -0.133. The van der Waals surface area contributed by atoms with Gasteiger partial charge in [-0.2, -0.15) is 5.26 Å². The Morgan fingerprint density at radius 2 is 2.05 bits per heavy atom. The molecule has 2 atom stereocenters. The summed E-state index contributed by atoms with van der Waals surface area (Å²) in [5.41, 5.74) is 0. The molecule has 0 radical (unpaired) electrons. The van der Waals surface area contributed by atoms with E-state index in [9.17, 15) is 4.79 Å². The number of hydrogen-bond acceptors (Lipinski definition) is 4. The van der Waals surface area contributed by atoms with Crippen molar-refractivity contribution in [3.8, 4) is 6.07 Å². The van der Waals surface area contributed by atoms with Crippen LogP contribution < -0.4 is 0 Å². The molecule has 108 valence electrons. The van der Waals surface area contributed by atoms with Gasteiger partial charge in [-0.1, -0.05) is 0 Å². The number of rotatable bonds is 6. The SMILES string of the molecule is CC1CC(OCCC(=O)N(C)CCC#N)CC(C)O1. The van der Waals surface area contributed by atoms with Crippen molar-refractivity contribution in [2.75, 3.05) is 20.2 Å². The summed E-state index contributed by atoms with van der Waals surface area (Å²) in [6, 6.07) is 2.03. The average Bonchev–Trinajstić information content (AvgIpc) is 2.34. The molecule has 1 aliphatic heterocycles. The van der Waals surface area contributed by atoms with Gasteiger partial charge in [-0.15, -0.1) is 0 Å². The first-order valence-corrected chi connectivity index (χ1v) is 6.91. The predicted octanol–water partition coefficient (Wildman–Crippen LogP) is 1.72. The largest absolute Gasteiger partial charge is 0.377 e. The molecule has 0 saturated carbocycles. The third kappa shape index (κ3) is 6.04. The van der Waals surface area contributed by atoms with Crippen LogP contribution in [-0.2, 0) is 14.3 Å². The fourth-order valence-electron chi connectivity index (χ4n) is 2.33. The van der Waals surface area contributed by atoms with Gasteiger partial charge in [-0.05, 0) is 26.7 Å². The van der Waals surface area contributed by atoms with Crippen LogP contribution in [0, 0.1) is 11.3 Å². The fourth-order valence-corrected chi connectivity index (χ4v) is 2.33. The van der Waals surface area contributed by atoms with Crippen molar-refractivity contribution in [3.05, 3.63) is 0 Å². The number of amides is 1. The second kappa shape index (κ2) is 8.13. The minimum absolute atomic E-state index is 0.0309. The van der Waals surface area contributed by atoms with E-state index in [0.717, 1.165) is 12.8 Å². The smallest absolute Gasteiger partial charge is 0.224 e. The maximum atomic E-state index is 11.7. The molecule has 1 aliphatic rings. The molecule has 0 aliphatic carbocycles. The van der Waals surface area contributed by atoms with Crippen molar-refractivity contribution >= 4 is 5.91 Å². The molecule has 1 rings (SSSR count). The first kappa shape index (κ1) is 15.9. The normalized spacial score (nSPS) is 26.7. The van der Waals surface area contributed by atoms with Crippen LogP contribution in [0.15, 0.2) is 0 Å². The van der Waals surface area contributed by atoms with E-state index in [0.29, 0.717) is 26.0 Å². The molecule has 1 fully saturated rings. The number of ether oxygens (including phenoxy) is 2. The Morgan fingerprint density at radius 3 is 2.63 bits per heavy atom. The monoisotopic (exact) mass is 268 g/mol.